The van der Waals surface area contributed by atoms with Crippen molar-refractivity contribution in [2.75, 3.05) is 6.79 Å². The third-order valence-electron chi connectivity index (χ3n) is 2.88. The molecule has 0 unspecified atom stereocenters. The summed E-state index contributed by atoms with van der Waals surface area (Å²) in [5, 5.41) is 3.93. The van der Waals surface area contributed by atoms with Gasteiger partial charge in [-0.05, 0) is 18.6 Å². The molecule has 6 nitrogen and oxygen atoms in total. The zero-order chi connectivity index (χ0) is 12.5. The number of hydrogen-bond acceptors (Lipinski definition) is 6. The van der Waals surface area contributed by atoms with E-state index in [-0.39, 0.29) is 13.3 Å². The van der Waals surface area contributed by atoms with Crippen LogP contribution in [0, 0.1) is 0 Å². The van der Waals surface area contributed by atoms with E-state index in [1.807, 2.05) is 19.1 Å². The fourth-order valence-electron chi connectivity index (χ4n) is 2.04. The van der Waals surface area contributed by atoms with Crippen LogP contribution in [0.25, 0.3) is 11.4 Å². The Morgan fingerprint density at radius 1 is 1.33 bits per heavy atom. The molecule has 1 aliphatic rings. The van der Waals surface area contributed by atoms with Crippen LogP contribution in [0.1, 0.15) is 18.4 Å². The van der Waals surface area contributed by atoms with Gasteiger partial charge < -0.3 is 19.7 Å². The van der Waals surface area contributed by atoms with Crippen molar-refractivity contribution in [3.63, 3.8) is 0 Å². The van der Waals surface area contributed by atoms with Crippen LogP contribution >= 0.6 is 0 Å². The predicted octanol–water partition coefficient (Wildman–Crippen LogP) is 1.49. The van der Waals surface area contributed by atoms with E-state index in [0.717, 1.165) is 29.0 Å². The van der Waals surface area contributed by atoms with Gasteiger partial charge >= 0.3 is 0 Å². The summed E-state index contributed by atoms with van der Waals surface area (Å²) in [6, 6.07) is 3.77. The molecule has 0 bridgehead atoms. The lowest BCUT2D eigenvalue weighted by Crippen LogP contribution is -1.97. The molecule has 1 aliphatic heterocycles. The number of hydrogen-bond donors (Lipinski definition) is 1. The van der Waals surface area contributed by atoms with Crippen LogP contribution in [0.4, 0.5) is 0 Å². The Morgan fingerprint density at radius 3 is 2.94 bits per heavy atom. The van der Waals surface area contributed by atoms with Gasteiger partial charge in [0.1, 0.15) is 0 Å². The summed E-state index contributed by atoms with van der Waals surface area (Å²) in [5.41, 5.74) is 7.38. The largest absolute Gasteiger partial charge is 0.454 e. The van der Waals surface area contributed by atoms with Crippen molar-refractivity contribution in [3.05, 3.63) is 23.6 Å². The second-order valence-corrected chi connectivity index (χ2v) is 3.89. The minimum atomic E-state index is 0.235. The van der Waals surface area contributed by atoms with Crippen molar-refractivity contribution < 1.29 is 14.0 Å². The Hall–Kier alpha value is -2.08. The molecule has 2 heterocycles. The zero-order valence-corrected chi connectivity index (χ0v) is 9.97. The molecule has 0 aliphatic carbocycles. The minimum Gasteiger partial charge on any atom is -0.454 e. The third kappa shape index (κ3) is 1.62. The van der Waals surface area contributed by atoms with E-state index < -0.39 is 0 Å². The summed E-state index contributed by atoms with van der Waals surface area (Å²) >= 11 is 0. The van der Waals surface area contributed by atoms with Gasteiger partial charge in [-0.25, -0.2) is 0 Å². The average molecular weight is 247 g/mol. The van der Waals surface area contributed by atoms with Crippen LogP contribution in [0.2, 0.25) is 0 Å². The van der Waals surface area contributed by atoms with Crippen molar-refractivity contribution in [3.8, 4) is 22.9 Å². The van der Waals surface area contributed by atoms with E-state index >= 15 is 0 Å². The van der Waals surface area contributed by atoms with Gasteiger partial charge in [-0.15, -0.1) is 0 Å². The minimum absolute atomic E-state index is 0.235. The molecular formula is C12H13N3O3. The molecular weight excluding hydrogens is 234 g/mol. The molecule has 2 N–H and O–H groups in total. The van der Waals surface area contributed by atoms with E-state index in [1.165, 1.54) is 0 Å². The number of benzene rings is 1. The van der Waals surface area contributed by atoms with Gasteiger partial charge in [-0.1, -0.05) is 12.1 Å². The quantitative estimate of drug-likeness (QED) is 0.884. The fourth-order valence-corrected chi connectivity index (χ4v) is 2.04. The van der Waals surface area contributed by atoms with Gasteiger partial charge in [0.05, 0.1) is 6.54 Å². The fraction of sp³-hybridized carbons (Fsp3) is 0.333. The number of rotatable bonds is 3. The van der Waals surface area contributed by atoms with Crippen LogP contribution in [0.5, 0.6) is 11.5 Å². The molecule has 18 heavy (non-hydrogen) atoms. The van der Waals surface area contributed by atoms with Gasteiger partial charge in [0.15, 0.2) is 11.5 Å². The highest BCUT2D eigenvalue weighted by Gasteiger charge is 2.22. The maximum Gasteiger partial charge on any atom is 0.240 e. The normalized spacial score (nSPS) is 13.0. The molecule has 0 radical (unpaired) electrons. The Balaban J connectivity index is 2.11. The Kier molecular flexibility index (Phi) is 2.64. The molecule has 2 aromatic rings. The summed E-state index contributed by atoms with van der Waals surface area (Å²) in [6.07, 6.45) is 0.800. The highest BCUT2D eigenvalue weighted by Crippen LogP contribution is 2.40. The molecule has 1 aromatic carbocycles. The van der Waals surface area contributed by atoms with Gasteiger partial charge in [0.25, 0.3) is 0 Å². The van der Waals surface area contributed by atoms with Crippen LogP contribution < -0.4 is 15.2 Å². The topological polar surface area (TPSA) is 83.4 Å². The number of aromatic nitrogens is 2. The first-order chi connectivity index (χ1) is 8.83. The first kappa shape index (κ1) is 11.0. The first-order valence-corrected chi connectivity index (χ1v) is 5.78. The lowest BCUT2D eigenvalue weighted by molar-refractivity contribution is 0.173. The number of ether oxygens (including phenoxy) is 2. The standard InChI is InChI=1S/C12H13N3O3/c1-2-7-8(12-14-10(5-13)18-15-12)3-4-9-11(7)17-6-16-9/h3-4H,2,5-6,13H2,1H3. The van der Waals surface area contributed by atoms with Gasteiger partial charge in [0, 0.05) is 11.1 Å². The second-order valence-electron chi connectivity index (χ2n) is 3.89. The van der Waals surface area contributed by atoms with Crippen LogP contribution in [-0.4, -0.2) is 16.9 Å². The maximum atomic E-state index is 5.48. The summed E-state index contributed by atoms with van der Waals surface area (Å²) in [7, 11) is 0. The summed E-state index contributed by atoms with van der Waals surface area (Å²) in [4.78, 5) is 4.23. The SMILES string of the molecule is CCc1c(-c2noc(CN)n2)ccc2c1OCO2. The molecule has 0 saturated carbocycles. The van der Waals surface area contributed by atoms with Crippen molar-refractivity contribution in [1.29, 1.82) is 0 Å². The molecule has 0 spiro atoms. The summed E-state index contributed by atoms with van der Waals surface area (Å²) in [6.45, 7) is 2.54. The molecule has 0 saturated heterocycles. The first-order valence-electron chi connectivity index (χ1n) is 5.78. The number of nitrogens with zero attached hydrogens (tertiary/aromatic N) is 2. The Labute approximate surface area is 104 Å². The second kappa shape index (κ2) is 4.30. The Bertz CT molecular complexity index is 580. The zero-order valence-electron chi connectivity index (χ0n) is 9.97. The van der Waals surface area contributed by atoms with Crippen LogP contribution in [-0.2, 0) is 13.0 Å². The van der Waals surface area contributed by atoms with E-state index in [9.17, 15) is 0 Å². The van der Waals surface area contributed by atoms with E-state index in [0.29, 0.717) is 11.7 Å². The van der Waals surface area contributed by atoms with E-state index in [1.54, 1.807) is 0 Å². The highest BCUT2D eigenvalue weighted by atomic mass is 16.7. The van der Waals surface area contributed by atoms with E-state index in [2.05, 4.69) is 10.1 Å². The molecule has 0 atom stereocenters. The van der Waals surface area contributed by atoms with Gasteiger partial charge in [0.2, 0.25) is 18.5 Å². The van der Waals surface area contributed by atoms with Crippen molar-refractivity contribution >= 4 is 0 Å². The summed E-state index contributed by atoms with van der Waals surface area (Å²) in [5.74, 6) is 2.49. The van der Waals surface area contributed by atoms with Crippen molar-refractivity contribution in [2.24, 2.45) is 5.73 Å². The lowest BCUT2D eigenvalue weighted by Gasteiger charge is -2.07. The Morgan fingerprint density at radius 2 is 2.22 bits per heavy atom. The van der Waals surface area contributed by atoms with Gasteiger partial charge in [-0.3, -0.25) is 0 Å². The predicted molar refractivity (Wildman–Crippen MR) is 63.1 cm³/mol. The van der Waals surface area contributed by atoms with Crippen LogP contribution in [0.3, 0.4) is 0 Å². The average Bonchev–Trinajstić information content (AvgIpc) is 3.05. The molecule has 94 valence electrons. The third-order valence-corrected chi connectivity index (χ3v) is 2.88. The molecule has 0 fully saturated rings. The summed E-state index contributed by atoms with van der Waals surface area (Å²) < 4.78 is 15.9. The maximum absolute atomic E-state index is 5.48. The van der Waals surface area contributed by atoms with Crippen molar-refractivity contribution in [2.45, 2.75) is 19.9 Å². The van der Waals surface area contributed by atoms with Crippen molar-refractivity contribution in [1.82, 2.24) is 10.1 Å². The molecule has 3 rings (SSSR count). The number of fused-ring (bicyclic) bond motifs is 1. The highest BCUT2D eigenvalue weighted by molar-refractivity contribution is 5.68. The van der Waals surface area contributed by atoms with Crippen LogP contribution in [0.15, 0.2) is 16.7 Å². The number of nitrogens with two attached hydrogens (primary N) is 1. The smallest absolute Gasteiger partial charge is 0.240 e. The lowest BCUT2D eigenvalue weighted by atomic mass is 10.0. The molecule has 0 amide bonds. The molecule has 6 heteroatoms. The van der Waals surface area contributed by atoms with E-state index in [4.69, 9.17) is 19.7 Å². The van der Waals surface area contributed by atoms with Gasteiger partial charge in [-0.2, -0.15) is 4.98 Å². The monoisotopic (exact) mass is 247 g/mol. The molecule has 1 aromatic heterocycles.